The Bertz CT molecular complexity index is 1050. The van der Waals surface area contributed by atoms with Gasteiger partial charge in [0, 0.05) is 44.8 Å². The van der Waals surface area contributed by atoms with Crippen LogP contribution < -0.4 is 10.5 Å². The molecule has 0 aromatic carbocycles. The van der Waals surface area contributed by atoms with Crippen molar-refractivity contribution < 1.29 is 4.79 Å². The van der Waals surface area contributed by atoms with Gasteiger partial charge in [0.15, 0.2) is 0 Å². The molecule has 3 rings (SSSR count). The number of hydrogen-bond acceptors (Lipinski definition) is 7. The minimum absolute atomic E-state index is 0.0865. The molecule has 33 heavy (non-hydrogen) atoms. The number of carbonyl (C=O) groups excluding carboxylic acids is 1. The largest absolute Gasteiger partial charge is 0.355 e. The van der Waals surface area contributed by atoms with E-state index >= 15 is 0 Å². The van der Waals surface area contributed by atoms with Crippen molar-refractivity contribution in [1.29, 1.82) is 5.26 Å². The van der Waals surface area contributed by atoms with Crippen LogP contribution in [-0.2, 0) is 11.3 Å². The van der Waals surface area contributed by atoms with Gasteiger partial charge in [0.25, 0.3) is 11.5 Å². The predicted molar refractivity (Wildman–Crippen MR) is 140 cm³/mol. The SMILES string of the molecule is CCCCCN1C(=O)/C(=C/c2c(C)c(C#N)c(=O)n(CCC)c2N2CCN(C)CC2)SC1=S. The number of thioether (sulfide) groups is 1. The number of pyridine rings is 1. The van der Waals surface area contributed by atoms with E-state index < -0.39 is 0 Å². The standard InChI is InChI=1S/C24H33N5O2S2/c1-5-7-8-10-29-23(31)20(33-24(29)32)15-18-17(3)19(16-25)22(30)28(9-6-2)21(18)27-13-11-26(4)12-14-27/h15H,5-14H2,1-4H3/b20-15-. The zero-order chi connectivity index (χ0) is 24.1. The fraction of sp³-hybridized carbons (Fsp3) is 0.583. The molecule has 1 aromatic rings. The van der Waals surface area contributed by atoms with Crippen LogP contribution in [0.5, 0.6) is 0 Å². The van der Waals surface area contributed by atoms with Gasteiger partial charge < -0.3 is 9.80 Å². The monoisotopic (exact) mass is 487 g/mol. The third kappa shape index (κ3) is 5.34. The van der Waals surface area contributed by atoms with E-state index in [4.69, 9.17) is 12.2 Å². The Hall–Kier alpha value is -2.15. The molecule has 178 valence electrons. The molecular formula is C24H33N5O2S2. The molecule has 2 fully saturated rings. The molecule has 0 radical (unpaired) electrons. The summed E-state index contributed by atoms with van der Waals surface area (Å²) in [4.78, 5) is 33.1. The van der Waals surface area contributed by atoms with Gasteiger partial charge in [-0.15, -0.1) is 0 Å². The molecule has 2 aliphatic rings. The van der Waals surface area contributed by atoms with Crippen LogP contribution in [0.15, 0.2) is 9.70 Å². The number of unbranched alkanes of at least 4 members (excludes halogenated alkanes) is 2. The maximum absolute atomic E-state index is 13.2. The maximum Gasteiger partial charge on any atom is 0.270 e. The Labute approximate surface area is 206 Å². The van der Waals surface area contributed by atoms with Crippen molar-refractivity contribution in [2.75, 3.05) is 44.7 Å². The second-order valence-corrected chi connectivity index (χ2v) is 10.3. The number of amides is 1. The summed E-state index contributed by atoms with van der Waals surface area (Å²) in [6.07, 6.45) is 5.67. The van der Waals surface area contributed by atoms with Gasteiger partial charge in [0.05, 0.1) is 4.91 Å². The van der Waals surface area contributed by atoms with Crippen molar-refractivity contribution in [3.63, 3.8) is 0 Å². The summed E-state index contributed by atoms with van der Waals surface area (Å²) in [6.45, 7) is 10.4. The molecule has 9 heteroatoms. The first-order valence-electron chi connectivity index (χ1n) is 11.7. The molecule has 3 heterocycles. The van der Waals surface area contributed by atoms with Crippen LogP contribution in [-0.4, -0.2) is 64.4 Å². The first-order valence-corrected chi connectivity index (χ1v) is 12.9. The zero-order valence-electron chi connectivity index (χ0n) is 20.0. The highest BCUT2D eigenvalue weighted by Crippen LogP contribution is 2.36. The van der Waals surface area contributed by atoms with Crippen molar-refractivity contribution in [2.45, 2.75) is 53.0 Å². The minimum atomic E-state index is -0.255. The molecule has 0 atom stereocenters. The van der Waals surface area contributed by atoms with Crippen LogP contribution in [0.25, 0.3) is 6.08 Å². The van der Waals surface area contributed by atoms with Crippen LogP contribution in [0.1, 0.15) is 56.2 Å². The lowest BCUT2D eigenvalue weighted by Crippen LogP contribution is -2.47. The summed E-state index contributed by atoms with van der Waals surface area (Å²) < 4.78 is 2.30. The van der Waals surface area contributed by atoms with E-state index in [1.54, 1.807) is 9.47 Å². The lowest BCUT2D eigenvalue weighted by molar-refractivity contribution is -0.122. The fourth-order valence-corrected chi connectivity index (χ4v) is 5.57. The van der Waals surface area contributed by atoms with Gasteiger partial charge in [0.2, 0.25) is 0 Å². The van der Waals surface area contributed by atoms with E-state index in [9.17, 15) is 14.9 Å². The number of carbonyl (C=O) groups is 1. The highest BCUT2D eigenvalue weighted by molar-refractivity contribution is 8.26. The Kier molecular flexibility index (Phi) is 8.74. The molecule has 0 aliphatic carbocycles. The number of anilines is 1. The number of piperazine rings is 1. The topological polar surface area (TPSA) is 72.6 Å². The molecule has 1 amide bonds. The van der Waals surface area contributed by atoms with Crippen molar-refractivity contribution in [1.82, 2.24) is 14.4 Å². The smallest absolute Gasteiger partial charge is 0.270 e. The fourth-order valence-electron chi connectivity index (χ4n) is 4.28. The molecule has 2 saturated heterocycles. The number of thiocarbonyl (C=S) groups is 1. The summed E-state index contributed by atoms with van der Waals surface area (Å²) >= 11 is 6.81. The first-order chi connectivity index (χ1) is 15.8. The molecule has 0 saturated carbocycles. The first kappa shape index (κ1) is 25.5. The minimum Gasteiger partial charge on any atom is -0.355 e. The van der Waals surface area contributed by atoms with Gasteiger partial charge in [-0.3, -0.25) is 19.1 Å². The van der Waals surface area contributed by atoms with Crippen molar-refractivity contribution in [2.24, 2.45) is 0 Å². The number of hydrogen-bond donors (Lipinski definition) is 0. The third-order valence-corrected chi connectivity index (χ3v) is 7.61. The predicted octanol–water partition coefficient (Wildman–Crippen LogP) is 3.58. The summed E-state index contributed by atoms with van der Waals surface area (Å²) in [7, 11) is 2.09. The summed E-state index contributed by atoms with van der Waals surface area (Å²) in [5.41, 5.74) is 1.29. The van der Waals surface area contributed by atoms with Gasteiger partial charge in [0.1, 0.15) is 21.8 Å². The van der Waals surface area contributed by atoms with E-state index in [-0.39, 0.29) is 17.0 Å². The second kappa shape index (κ2) is 11.3. The van der Waals surface area contributed by atoms with Gasteiger partial charge in [-0.2, -0.15) is 5.26 Å². The molecule has 1 aromatic heterocycles. The van der Waals surface area contributed by atoms with E-state index in [0.29, 0.717) is 27.9 Å². The van der Waals surface area contributed by atoms with Crippen LogP contribution >= 0.6 is 24.0 Å². The van der Waals surface area contributed by atoms with Crippen LogP contribution in [0.2, 0.25) is 0 Å². The van der Waals surface area contributed by atoms with E-state index in [1.807, 2.05) is 19.9 Å². The number of nitriles is 1. The highest BCUT2D eigenvalue weighted by atomic mass is 32.2. The molecule has 2 aliphatic heterocycles. The lowest BCUT2D eigenvalue weighted by atomic mass is 10.0. The van der Waals surface area contributed by atoms with Crippen molar-refractivity contribution >= 4 is 46.1 Å². The Morgan fingerprint density at radius 2 is 1.79 bits per heavy atom. The maximum atomic E-state index is 13.2. The number of nitrogens with zero attached hydrogens (tertiary/aromatic N) is 5. The van der Waals surface area contributed by atoms with Crippen molar-refractivity contribution in [3.05, 3.63) is 31.9 Å². The van der Waals surface area contributed by atoms with Crippen molar-refractivity contribution in [3.8, 4) is 6.07 Å². The van der Waals surface area contributed by atoms with Gasteiger partial charge in [-0.05, 0) is 38.5 Å². The Morgan fingerprint density at radius 3 is 2.39 bits per heavy atom. The molecule has 0 N–H and O–H groups in total. The highest BCUT2D eigenvalue weighted by Gasteiger charge is 2.33. The summed E-state index contributed by atoms with van der Waals surface area (Å²) in [5, 5.41) is 9.76. The van der Waals surface area contributed by atoms with E-state index in [1.165, 1.54) is 11.8 Å². The molecule has 0 bridgehead atoms. The quantitative estimate of drug-likeness (QED) is 0.315. The summed E-state index contributed by atoms with van der Waals surface area (Å²) in [6, 6.07) is 2.11. The van der Waals surface area contributed by atoms with E-state index in [0.717, 1.165) is 63.2 Å². The number of likely N-dealkylation sites (N-methyl/N-ethyl adjacent to an activating group) is 1. The average Bonchev–Trinajstić information content (AvgIpc) is 3.06. The third-order valence-electron chi connectivity index (χ3n) is 6.23. The second-order valence-electron chi connectivity index (χ2n) is 8.64. The number of aromatic nitrogens is 1. The summed E-state index contributed by atoms with van der Waals surface area (Å²) in [5.74, 6) is 0.722. The number of rotatable bonds is 8. The van der Waals surface area contributed by atoms with Crippen LogP contribution in [0, 0.1) is 18.3 Å². The van der Waals surface area contributed by atoms with Crippen LogP contribution in [0.3, 0.4) is 0 Å². The van der Waals surface area contributed by atoms with Gasteiger partial charge in [-0.25, -0.2) is 0 Å². The zero-order valence-corrected chi connectivity index (χ0v) is 21.7. The molecule has 0 spiro atoms. The van der Waals surface area contributed by atoms with E-state index in [2.05, 4.69) is 29.8 Å². The Balaban J connectivity index is 2.13. The average molecular weight is 488 g/mol. The van der Waals surface area contributed by atoms with Gasteiger partial charge in [-0.1, -0.05) is 50.7 Å². The normalized spacial score (nSPS) is 18.5. The molecule has 7 nitrogen and oxygen atoms in total. The van der Waals surface area contributed by atoms with Gasteiger partial charge >= 0.3 is 0 Å². The molecular weight excluding hydrogens is 454 g/mol. The molecule has 0 unspecified atom stereocenters. The van der Waals surface area contributed by atoms with Crippen LogP contribution in [0.4, 0.5) is 5.82 Å². The Morgan fingerprint density at radius 1 is 1.09 bits per heavy atom. The lowest BCUT2D eigenvalue weighted by Gasteiger charge is -2.36.